The average Bonchev–Trinajstić information content (AvgIpc) is 2.88. The van der Waals surface area contributed by atoms with E-state index in [1.165, 1.54) is 12.8 Å². The Bertz CT molecular complexity index is 383. The Morgan fingerprint density at radius 2 is 2.17 bits per heavy atom. The van der Waals surface area contributed by atoms with Gasteiger partial charge in [0.05, 0.1) is 12.7 Å². The van der Waals surface area contributed by atoms with E-state index in [0.29, 0.717) is 12.7 Å². The van der Waals surface area contributed by atoms with Gasteiger partial charge in [-0.15, -0.1) is 0 Å². The zero-order valence-electron chi connectivity index (χ0n) is 10.5. The lowest BCUT2D eigenvalue weighted by Crippen LogP contribution is -2.10. The minimum atomic E-state index is 0.0833. The molecule has 0 amide bonds. The van der Waals surface area contributed by atoms with Crippen molar-refractivity contribution in [2.24, 2.45) is 5.73 Å². The molecule has 0 spiro atoms. The molecule has 1 aliphatic rings. The van der Waals surface area contributed by atoms with Gasteiger partial charge in [-0.3, -0.25) is 5.41 Å². The molecular weight excluding hydrogens is 228 g/mol. The van der Waals surface area contributed by atoms with E-state index in [4.69, 9.17) is 20.6 Å². The van der Waals surface area contributed by atoms with Crippen LogP contribution in [0.25, 0.3) is 0 Å². The number of nitrogens with two attached hydrogens (primary N) is 1. The van der Waals surface area contributed by atoms with E-state index >= 15 is 0 Å². The maximum Gasteiger partial charge on any atom is 0.122 e. The third-order valence-electron chi connectivity index (χ3n) is 3.13. The van der Waals surface area contributed by atoms with Gasteiger partial charge in [-0.2, -0.15) is 0 Å². The fourth-order valence-corrected chi connectivity index (χ4v) is 2.10. The smallest absolute Gasteiger partial charge is 0.122 e. The second-order valence-corrected chi connectivity index (χ2v) is 4.56. The Hall–Kier alpha value is -1.55. The molecule has 0 aliphatic carbocycles. The summed E-state index contributed by atoms with van der Waals surface area (Å²) in [5.74, 6) is 0.910. The maximum absolute atomic E-state index is 7.29. The number of hydrogen-bond acceptors (Lipinski definition) is 3. The number of nitrogen functional groups attached to an aromatic ring is 1. The Morgan fingerprint density at radius 1 is 1.39 bits per heavy atom. The van der Waals surface area contributed by atoms with Gasteiger partial charge in [-0.05, 0) is 49.9 Å². The van der Waals surface area contributed by atoms with Gasteiger partial charge in [-0.1, -0.05) is 0 Å². The third-order valence-corrected chi connectivity index (χ3v) is 3.13. The van der Waals surface area contributed by atoms with Crippen molar-refractivity contribution < 1.29 is 9.47 Å². The number of hydrogen-bond donors (Lipinski definition) is 2. The van der Waals surface area contributed by atoms with Crippen LogP contribution in [0.3, 0.4) is 0 Å². The van der Waals surface area contributed by atoms with Gasteiger partial charge in [0.25, 0.3) is 0 Å². The SMILES string of the molecule is N=C(N)c1ccc(OCCCC2CCCO2)cc1. The van der Waals surface area contributed by atoms with Crippen molar-refractivity contribution >= 4 is 5.84 Å². The van der Waals surface area contributed by atoms with Crippen molar-refractivity contribution in [2.75, 3.05) is 13.2 Å². The van der Waals surface area contributed by atoms with Crippen LogP contribution >= 0.6 is 0 Å². The molecule has 1 aliphatic heterocycles. The Morgan fingerprint density at radius 3 is 2.78 bits per heavy atom. The fourth-order valence-electron chi connectivity index (χ4n) is 2.10. The van der Waals surface area contributed by atoms with E-state index in [0.717, 1.165) is 30.8 Å². The zero-order valence-corrected chi connectivity index (χ0v) is 10.5. The standard InChI is InChI=1S/C14H20N2O2/c15-14(16)11-5-7-13(8-6-11)18-10-2-4-12-3-1-9-17-12/h5-8,12H,1-4,9-10H2,(H3,15,16). The van der Waals surface area contributed by atoms with E-state index in [-0.39, 0.29) is 5.84 Å². The van der Waals surface area contributed by atoms with E-state index in [2.05, 4.69) is 0 Å². The highest BCUT2D eigenvalue weighted by atomic mass is 16.5. The summed E-state index contributed by atoms with van der Waals surface area (Å²) in [6.45, 7) is 1.62. The van der Waals surface area contributed by atoms with Gasteiger partial charge in [0.15, 0.2) is 0 Å². The fraction of sp³-hybridized carbons (Fsp3) is 0.500. The highest BCUT2D eigenvalue weighted by Gasteiger charge is 2.14. The van der Waals surface area contributed by atoms with Crippen LogP contribution in [0.5, 0.6) is 5.75 Å². The molecular formula is C14H20N2O2. The molecule has 98 valence electrons. The summed E-state index contributed by atoms with van der Waals surface area (Å²) < 4.78 is 11.2. The molecule has 1 unspecified atom stereocenters. The molecule has 0 saturated carbocycles. The van der Waals surface area contributed by atoms with E-state index in [9.17, 15) is 0 Å². The van der Waals surface area contributed by atoms with Crippen LogP contribution in [0.2, 0.25) is 0 Å². The van der Waals surface area contributed by atoms with E-state index in [1.807, 2.05) is 12.1 Å². The van der Waals surface area contributed by atoms with Gasteiger partial charge >= 0.3 is 0 Å². The van der Waals surface area contributed by atoms with Gasteiger partial charge in [0.2, 0.25) is 0 Å². The van der Waals surface area contributed by atoms with Crippen molar-refractivity contribution in [3.8, 4) is 5.75 Å². The van der Waals surface area contributed by atoms with Crippen LogP contribution in [0, 0.1) is 5.41 Å². The number of amidine groups is 1. The lowest BCUT2D eigenvalue weighted by molar-refractivity contribution is 0.0981. The summed E-state index contributed by atoms with van der Waals surface area (Å²) >= 11 is 0. The maximum atomic E-state index is 7.29. The van der Waals surface area contributed by atoms with Gasteiger partial charge in [0.1, 0.15) is 11.6 Å². The number of rotatable bonds is 6. The second kappa shape index (κ2) is 6.40. The first-order valence-electron chi connectivity index (χ1n) is 6.44. The molecule has 4 nitrogen and oxygen atoms in total. The summed E-state index contributed by atoms with van der Waals surface area (Å²) in [4.78, 5) is 0. The number of nitrogens with one attached hydrogen (secondary N) is 1. The molecule has 1 heterocycles. The monoisotopic (exact) mass is 248 g/mol. The van der Waals surface area contributed by atoms with Crippen LogP contribution in [0.4, 0.5) is 0 Å². The van der Waals surface area contributed by atoms with Crippen LogP contribution in [-0.2, 0) is 4.74 Å². The lowest BCUT2D eigenvalue weighted by Gasteiger charge is -2.10. The van der Waals surface area contributed by atoms with Crippen LogP contribution < -0.4 is 10.5 Å². The number of ether oxygens (including phenoxy) is 2. The average molecular weight is 248 g/mol. The highest BCUT2D eigenvalue weighted by molar-refractivity contribution is 5.94. The minimum Gasteiger partial charge on any atom is -0.494 e. The van der Waals surface area contributed by atoms with Crippen molar-refractivity contribution in [3.63, 3.8) is 0 Å². The summed E-state index contributed by atoms with van der Waals surface area (Å²) in [6.07, 6.45) is 4.91. The van der Waals surface area contributed by atoms with E-state index in [1.54, 1.807) is 12.1 Å². The summed E-state index contributed by atoms with van der Waals surface area (Å²) in [5, 5.41) is 7.29. The lowest BCUT2D eigenvalue weighted by atomic mass is 10.1. The second-order valence-electron chi connectivity index (χ2n) is 4.56. The summed E-state index contributed by atoms with van der Waals surface area (Å²) in [6, 6.07) is 7.31. The molecule has 0 bridgehead atoms. The highest BCUT2D eigenvalue weighted by Crippen LogP contribution is 2.17. The Labute approximate surface area is 108 Å². The topological polar surface area (TPSA) is 68.3 Å². The quantitative estimate of drug-likeness (QED) is 0.461. The van der Waals surface area contributed by atoms with Crippen LogP contribution in [0.15, 0.2) is 24.3 Å². The van der Waals surface area contributed by atoms with Gasteiger partial charge in [0, 0.05) is 12.2 Å². The predicted molar refractivity (Wildman–Crippen MR) is 71.2 cm³/mol. The zero-order chi connectivity index (χ0) is 12.8. The predicted octanol–water partition coefficient (Wildman–Crippen LogP) is 2.31. The molecule has 0 radical (unpaired) electrons. The molecule has 2 rings (SSSR count). The summed E-state index contributed by atoms with van der Waals surface area (Å²) in [7, 11) is 0. The van der Waals surface area contributed by atoms with Crippen molar-refractivity contribution in [2.45, 2.75) is 31.8 Å². The third kappa shape index (κ3) is 3.74. The van der Waals surface area contributed by atoms with E-state index < -0.39 is 0 Å². The Balaban J connectivity index is 1.68. The minimum absolute atomic E-state index is 0.0833. The largest absolute Gasteiger partial charge is 0.494 e. The molecule has 1 aromatic rings. The van der Waals surface area contributed by atoms with Crippen molar-refractivity contribution in [1.29, 1.82) is 5.41 Å². The van der Waals surface area contributed by atoms with Gasteiger partial charge < -0.3 is 15.2 Å². The molecule has 3 N–H and O–H groups in total. The normalized spacial score (nSPS) is 18.8. The molecule has 4 heteroatoms. The molecule has 1 saturated heterocycles. The molecule has 1 fully saturated rings. The Kier molecular flexibility index (Phi) is 4.59. The molecule has 0 aromatic heterocycles. The molecule has 1 atom stereocenters. The first-order chi connectivity index (χ1) is 8.75. The van der Waals surface area contributed by atoms with Crippen molar-refractivity contribution in [3.05, 3.63) is 29.8 Å². The summed E-state index contributed by atoms with van der Waals surface area (Å²) in [5.41, 5.74) is 6.11. The van der Waals surface area contributed by atoms with Crippen LogP contribution in [0.1, 0.15) is 31.2 Å². The van der Waals surface area contributed by atoms with Crippen molar-refractivity contribution in [1.82, 2.24) is 0 Å². The first kappa shape index (κ1) is 12.9. The number of benzene rings is 1. The first-order valence-corrected chi connectivity index (χ1v) is 6.44. The van der Waals surface area contributed by atoms with Crippen LogP contribution in [-0.4, -0.2) is 25.2 Å². The van der Waals surface area contributed by atoms with Gasteiger partial charge in [-0.25, -0.2) is 0 Å². The molecule has 1 aromatic carbocycles. The molecule has 18 heavy (non-hydrogen) atoms.